The zero-order valence-electron chi connectivity index (χ0n) is 13.1. The molecule has 0 bridgehead atoms. The van der Waals surface area contributed by atoms with E-state index in [0.29, 0.717) is 23.2 Å². The number of amides is 1. The maximum absolute atomic E-state index is 12.0. The molecule has 1 fully saturated rings. The highest BCUT2D eigenvalue weighted by Crippen LogP contribution is 2.31. The van der Waals surface area contributed by atoms with Crippen molar-refractivity contribution in [1.82, 2.24) is 5.32 Å². The fourth-order valence-corrected chi connectivity index (χ4v) is 3.30. The minimum Gasteiger partial charge on any atom is -0.399 e. The first kappa shape index (κ1) is 15.7. The Morgan fingerprint density at radius 2 is 2.05 bits per heavy atom. The van der Waals surface area contributed by atoms with Gasteiger partial charge in [0.15, 0.2) is 0 Å². The van der Waals surface area contributed by atoms with Gasteiger partial charge in [-0.3, -0.25) is 4.79 Å². The molecule has 21 heavy (non-hydrogen) atoms. The summed E-state index contributed by atoms with van der Waals surface area (Å²) in [6, 6.07) is 5.85. The number of nitrogen functional groups attached to an aromatic ring is 1. The fourth-order valence-electron chi connectivity index (χ4n) is 3.30. The zero-order chi connectivity index (χ0) is 15.2. The van der Waals surface area contributed by atoms with Crippen LogP contribution in [0, 0.1) is 5.92 Å². The van der Waals surface area contributed by atoms with Crippen molar-refractivity contribution in [3.63, 3.8) is 0 Å². The lowest BCUT2D eigenvalue weighted by Gasteiger charge is -2.31. The predicted molar refractivity (Wildman–Crippen MR) is 88.5 cm³/mol. The summed E-state index contributed by atoms with van der Waals surface area (Å²) in [6.07, 6.45) is 7.62. The molecule has 0 heterocycles. The molecule has 0 saturated heterocycles. The second kappa shape index (κ2) is 7.34. The SMILES string of the molecule is CCC(Nc1cc(N)ccc1C(=O)NC)C1CCCCC1. The lowest BCUT2D eigenvalue weighted by atomic mass is 9.82. The van der Waals surface area contributed by atoms with Crippen LogP contribution in [-0.2, 0) is 0 Å². The van der Waals surface area contributed by atoms with E-state index in [4.69, 9.17) is 5.73 Å². The number of carbonyl (C=O) groups is 1. The van der Waals surface area contributed by atoms with E-state index in [9.17, 15) is 4.79 Å². The highest BCUT2D eigenvalue weighted by Gasteiger charge is 2.23. The van der Waals surface area contributed by atoms with Crippen LogP contribution in [0.1, 0.15) is 55.8 Å². The van der Waals surface area contributed by atoms with Gasteiger partial charge in [-0.15, -0.1) is 0 Å². The molecule has 1 aliphatic rings. The summed E-state index contributed by atoms with van der Waals surface area (Å²) in [5.41, 5.74) is 8.10. The van der Waals surface area contributed by atoms with Gasteiger partial charge >= 0.3 is 0 Å². The Morgan fingerprint density at radius 1 is 1.33 bits per heavy atom. The van der Waals surface area contributed by atoms with Crippen molar-refractivity contribution in [3.05, 3.63) is 23.8 Å². The molecule has 1 amide bonds. The van der Waals surface area contributed by atoms with Crippen molar-refractivity contribution >= 4 is 17.3 Å². The average molecular weight is 289 g/mol. The second-order valence-corrected chi connectivity index (χ2v) is 5.94. The van der Waals surface area contributed by atoms with Gasteiger partial charge in [-0.25, -0.2) is 0 Å². The molecule has 4 nitrogen and oxygen atoms in total. The molecule has 1 saturated carbocycles. The Balaban J connectivity index is 2.19. The number of nitrogens with two attached hydrogens (primary N) is 1. The number of hydrogen-bond acceptors (Lipinski definition) is 3. The Bertz CT molecular complexity index is 481. The van der Waals surface area contributed by atoms with Gasteiger partial charge in [0, 0.05) is 24.5 Å². The summed E-state index contributed by atoms with van der Waals surface area (Å²) in [5.74, 6) is 0.624. The molecule has 0 radical (unpaired) electrons. The van der Waals surface area contributed by atoms with E-state index in [0.717, 1.165) is 12.1 Å². The smallest absolute Gasteiger partial charge is 0.253 e. The van der Waals surface area contributed by atoms with Crippen molar-refractivity contribution in [3.8, 4) is 0 Å². The van der Waals surface area contributed by atoms with Crippen LogP contribution in [0.3, 0.4) is 0 Å². The van der Waals surface area contributed by atoms with Crippen molar-refractivity contribution in [1.29, 1.82) is 0 Å². The molecule has 1 aromatic rings. The van der Waals surface area contributed by atoms with Crippen molar-refractivity contribution < 1.29 is 4.79 Å². The number of rotatable bonds is 5. The summed E-state index contributed by atoms with van der Waals surface area (Å²) in [6.45, 7) is 2.21. The van der Waals surface area contributed by atoms with Gasteiger partial charge in [-0.1, -0.05) is 26.2 Å². The highest BCUT2D eigenvalue weighted by molar-refractivity contribution is 6.00. The van der Waals surface area contributed by atoms with E-state index in [1.165, 1.54) is 32.1 Å². The molecule has 1 unspecified atom stereocenters. The molecule has 1 atom stereocenters. The van der Waals surface area contributed by atoms with Crippen molar-refractivity contribution in [2.75, 3.05) is 18.1 Å². The molecule has 0 aromatic heterocycles. The number of benzene rings is 1. The molecule has 1 aliphatic carbocycles. The van der Waals surface area contributed by atoms with Gasteiger partial charge in [-0.05, 0) is 43.4 Å². The first-order chi connectivity index (χ1) is 10.2. The largest absolute Gasteiger partial charge is 0.399 e. The summed E-state index contributed by atoms with van der Waals surface area (Å²) < 4.78 is 0. The van der Waals surface area contributed by atoms with Gasteiger partial charge in [0.05, 0.1) is 5.56 Å². The van der Waals surface area contributed by atoms with Crippen molar-refractivity contribution in [2.24, 2.45) is 5.92 Å². The Labute approximate surface area is 127 Å². The van der Waals surface area contributed by atoms with E-state index >= 15 is 0 Å². The molecule has 0 spiro atoms. The highest BCUT2D eigenvalue weighted by atomic mass is 16.1. The monoisotopic (exact) mass is 289 g/mol. The third-order valence-electron chi connectivity index (χ3n) is 4.51. The summed E-state index contributed by atoms with van der Waals surface area (Å²) in [5, 5.41) is 6.27. The topological polar surface area (TPSA) is 67.1 Å². The third-order valence-corrected chi connectivity index (χ3v) is 4.51. The van der Waals surface area contributed by atoms with Crippen LogP contribution in [0.15, 0.2) is 18.2 Å². The first-order valence-electron chi connectivity index (χ1n) is 8.03. The second-order valence-electron chi connectivity index (χ2n) is 5.94. The van der Waals surface area contributed by atoms with Crippen LogP contribution in [0.4, 0.5) is 11.4 Å². The number of carbonyl (C=O) groups excluding carboxylic acids is 1. The predicted octanol–water partition coefficient (Wildman–Crippen LogP) is 3.40. The van der Waals surface area contributed by atoms with Crippen LogP contribution >= 0.6 is 0 Å². The minimum atomic E-state index is -0.0732. The van der Waals surface area contributed by atoms with Gasteiger partial charge in [0.25, 0.3) is 5.91 Å². The Hall–Kier alpha value is -1.71. The van der Waals surface area contributed by atoms with Gasteiger partial charge in [0.2, 0.25) is 0 Å². The third kappa shape index (κ3) is 3.90. The summed E-state index contributed by atoms with van der Waals surface area (Å²) in [4.78, 5) is 12.0. The van der Waals surface area contributed by atoms with Crippen LogP contribution in [0.5, 0.6) is 0 Å². The summed E-state index contributed by atoms with van der Waals surface area (Å²) >= 11 is 0. The number of anilines is 2. The lowest BCUT2D eigenvalue weighted by Crippen LogP contribution is -2.31. The first-order valence-corrected chi connectivity index (χ1v) is 8.03. The fraction of sp³-hybridized carbons (Fsp3) is 0.588. The normalized spacial score (nSPS) is 17.2. The maximum Gasteiger partial charge on any atom is 0.253 e. The van der Waals surface area contributed by atoms with E-state index in [1.54, 1.807) is 19.2 Å². The lowest BCUT2D eigenvalue weighted by molar-refractivity contribution is 0.0964. The van der Waals surface area contributed by atoms with E-state index in [2.05, 4.69) is 17.6 Å². The molecule has 4 N–H and O–H groups in total. The van der Waals surface area contributed by atoms with Gasteiger partial charge in [0.1, 0.15) is 0 Å². The molecule has 116 valence electrons. The van der Waals surface area contributed by atoms with E-state index in [-0.39, 0.29) is 5.91 Å². The standard InChI is InChI=1S/C17H27N3O/c1-3-15(12-7-5-4-6-8-12)20-16-11-13(18)9-10-14(16)17(21)19-2/h9-12,15,20H,3-8,18H2,1-2H3,(H,19,21). The zero-order valence-corrected chi connectivity index (χ0v) is 13.1. The number of nitrogens with one attached hydrogen (secondary N) is 2. The van der Waals surface area contributed by atoms with Crippen molar-refractivity contribution in [2.45, 2.75) is 51.5 Å². The quantitative estimate of drug-likeness (QED) is 0.728. The Morgan fingerprint density at radius 3 is 2.67 bits per heavy atom. The molecule has 0 aliphatic heterocycles. The number of hydrogen-bond donors (Lipinski definition) is 3. The van der Waals surface area contributed by atoms with Gasteiger partial charge < -0.3 is 16.4 Å². The average Bonchev–Trinajstić information content (AvgIpc) is 2.53. The van der Waals surface area contributed by atoms with Crippen LogP contribution in [0.2, 0.25) is 0 Å². The molecular formula is C17H27N3O. The molecule has 2 rings (SSSR count). The van der Waals surface area contributed by atoms with E-state index in [1.807, 2.05) is 6.07 Å². The van der Waals surface area contributed by atoms with E-state index < -0.39 is 0 Å². The molecule has 1 aromatic carbocycles. The van der Waals surface area contributed by atoms with Gasteiger partial charge in [-0.2, -0.15) is 0 Å². The maximum atomic E-state index is 12.0. The Kier molecular flexibility index (Phi) is 5.48. The minimum absolute atomic E-state index is 0.0732. The summed E-state index contributed by atoms with van der Waals surface area (Å²) in [7, 11) is 1.65. The molecule has 4 heteroatoms. The van der Waals surface area contributed by atoms with Crippen LogP contribution in [-0.4, -0.2) is 19.0 Å². The van der Waals surface area contributed by atoms with Crippen LogP contribution < -0.4 is 16.4 Å². The van der Waals surface area contributed by atoms with Crippen LogP contribution in [0.25, 0.3) is 0 Å². The molecular weight excluding hydrogens is 262 g/mol.